The van der Waals surface area contributed by atoms with E-state index >= 15 is 0 Å². The molecule has 0 fully saturated rings. The highest BCUT2D eigenvalue weighted by molar-refractivity contribution is 5.96. The largest absolute Gasteiger partial charge is 0.460 e. The number of para-hydroxylation sites is 1. The molecular weight excluding hydrogens is 283 g/mol. The summed E-state index contributed by atoms with van der Waals surface area (Å²) < 4.78 is 41.6. The van der Waals surface area contributed by atoms with Crippen molar-refractivity contribution in [2.75, 3.05) is 6.54 Å². The average Bonchev–Trinajstić information content (AvgIpc) is 2.80. The summed E-state index contributed by atoms with van der Waals surface area (Å²) in [6, 6.07) is 7.30. The van der Waals surface area contributed by atoms with Gasteiger partial charge in [-0.05, 0) is 12.1 Å². The van der Waals surface area contributed by atoms with Crippen LogP contribution >= 0.6 is 0 Å². The van der Waals surface area contributed by atoms with Crippen LogP contribution in [0.5, 0.6) is 0 Å². The molecule has 0 radical (unpaired) electrons. The number of hydrogen-bond donors (Lipinski definition) is 1. The van der Waals surface area contributed by atoms with Gasteiger partial charge in [-0.3, -0.25) is 4.79 Å². The highest BCUT2D eigenvalue weighted by atomic mass is 19.4. The number of furan rings is 1. The van der Waals surface area contributed by atoms with Crippen molar-refractivity contribution in [2.24, 2.45) is 0 Å². The molecule has 0 aliphatic carbocycles. The molecule has 1 aromatic carbocycles. The van der Waals surface area contributed by atoms with E-state index in [0.717, 1.165) is 17.0 Å². The normalized spacial score (nSPS) is 12.2. The lowest BCUT2D eigenvalue weighted by molar-refractivity contribution is -0.135. The minimum absolute atomic E-state index is 0.624. The van der Waals surface area contributed by atoms with Gasteiger partial charge in [-0.15, -0.1) is 0 Å². The van der Waals surface area contributed by atoms with Crippen LogP contribution in [0.3, 0.4) is 0 Å². The highest BCUT2D eigenvalue weighted by Crippen LogP contribution is 2.27. The Morgan fingerprint density at radius 2 is 2.05 bits per heavy atom. The average molecular weight is 297 g/mol. The van der Waals surface area contributed by atoms with Crippen molar-refractivity contribution in [3.63, 3.8) is 0 Å². The van der Waals surface area contributed by atoms with Gasteiger partial charge in [0.05, 0.1) is 0 Å². The molecule has 2 rings (SSSR count). The van der Waals surface area contributed by atoms with Gasteiger partial charge in [0.2, 0.25) is 5.91 Å². The second kappa shape index (κ2) is 6.03. The maximum atomic E-state index is 12.0. The molecule has 1 N–H and O–H groups in total. The van der Waals surface area contributed by atoms with E-state index in [2.05, 4.69) is 0 Å². The van der Waals surface area contributed by atoms with Crippen molar-refractivity contribution in [1.29, 1.82) is 0 Å². The summed E-state index contributed by atoms with van der Waals surface area (Å²) in [6.07, 6.45) is -1.22. The fourth-order valence-electron chi connectivity index (χ4n) is 1.97. The molecule has 3 nitrogen and oxygen atoms in total. The molecule has 2 aromatic rings. The smallest absolute Gasteiger partial charge is 0.405 e. The fraction of sp³-hybridized carbons (Fsp3) is 0.267. The number of hydrogen-bond acceptors (Lipinski definition) is 2. The van der Waals surface area contributed by atoms with Gasteiger partial charge in [-0.25, -0.2) is 0 Å². The SMILES string of the molecule is CCc1oc2ccccc2c1C=CC(=O)NCC(F)(F)F. The lowest BCUT2D eigenvalue weighted by Crippen LogP contribution is -2.32. The number of nitrogens with one attached hydrogen (secondary N) is 1. The quantitative estimate of drug-likeness (QED) is 0.875. The summed E-state index contributed by atoms with van der Waals surface area (Å²) in [6.45, 7) is 0.557. The summed E-state index contributed by atoms with van der Waals surface area (Å²) >= 11 is 0. The summed E-state index contributed by atoms with van der Waals surface area (Å²) in [7, 11) is 0. The van der Waals surface area contributed by atoms with Crippen LogP contribution in [-0.2, 0) is 11.2 Å². The second-order valence-electron chi connectivity index (χ2n) is 4.45. The first-order valence-electron chi connectivity index (χ1n) is 6.44. The number of fused-ring (bicyclic) bond motifs is 1. The molecule has 0 spiro atoms. The maximum Gasteiger partial charge on any atom is 0.405 e. The van der Waals surface area contributed by atoms with Gasteiger partial charge in [-0.1, -0.05) is 25.1 Å². The molecule has 1 amide bonds. The van der Waals surface area contributed by atoms with Crippen molar-refractivity contribution < 1.29 is 22.4 Å². The topological polar surface area (TPSA) is 42.2 Å². The van der Waals surface area contributed by atoms with Crippen molar-refractivity contribution in [1.82, 2.24) is 5.32 Å². The Morgan fingerprint density at radius 3 is 2.71 bits per heavy atom. The molecule has 1 heterocycles. The first-order valence-corrected chi connectivity index (χ1v) is 6.44. The predicted octanol–water partition coefficient (Wildman–Crippen LogP) is 3.69. The zero-order valence-corrected chi connectivity index (χ0v) is 11.3. The monoisotopic (exact) mass is 297 g/mol. The Bertz CT molecular complexity index is 671. The lowest BCUT2D eigenvalue weighted by Gasteiger charge is -2.05. The maximum absolute atomic E-state index is 12.0. The van der Waals surface area contributed by atoms with Gasteiger partial charge in [0.25, 0.3) is 0 Å². The van der Waals surface area contributed by atoms with Crippen LogP contribution in [0.4, 0.5) is 13.2 Å². The molecule has 1 aromatic heterocycles. The number of benzene rings is 1. The number of alkyl halides is 3. The van der Waals surface area contributed by atoms with Gasteiger partial charge in [0.15, 0.2) is 0 Å². The van der Waals surface area contributed by atoms with Crippen molar-refractivity contribution in [3.8, 4) is 0 Å². The van der Waals surface area contributed by atoms with Crippen LogP contribution in [0.25, 0.3) is 17.0 Å². The number of halogens is 3. The summed E-state index contributed by atoms with van der Waals surface area (Å²) in [4.78, 5) is 11.4. The molecule has 21 heavy (non-hydrogen) atoms. The number of carbonyl (C=O) groups excluding carboxylic acids is 1. The van der Waals surface area contributed by atoms with Gasteiger partial charge < -0.3 is 9.73 Å². The lowest BCUT2D eigenvalue weighted by atomic mass is 10.1. The third-order valence-electron chi connectivity index (χ3n) is 2.90. The van der Waals surface area contributed by atoms with E-state index in [4.69, 9.17) is 4.42 Å². The van der Waals surface area contributed by atoms with E-state index in [-0.39, 0.29) is 0 Å². The van der Waals surface area contributed by atoms with E-state index in [9.17, 15) is 18.0 Å². The minimum Gasteiger partial charge on any atom is -0.460 e. The third kappa shape index (κ3) is 3.87. The Hall–Kier alpha value is -2.24. The molecule has 6 heteroatoms. The summed E-state index contributed by atoms with van der Waals surface area (Å²) in [5.74, 6) is -0.101. The third-order valence-corrected chi connectivity index (χ3v) is 2.90. The molecular formula is C15H14F3NO2. The summed E-state index contributed by atoms with van der Waals surface area (Å²) in [5.41, 5.74) is 1.40. The van der Waals surface area contributed by atoms with Crippen LogP contribution in [0.15, 0.2) is 34.8 Å². The minimum atomic E-state index is -4.42. The van der Waals surface area contributed by atoms with Gasteiger partial charge in [-0.2, -0.15) is 13.2 Å². The number of amides is 1. The fourth-order valence-corrected chi connectivity index (χ4v) is 1.97. The molecule has 0 saturated heterocycles. The van der Waals surface area contributed by atoms with E-state index in [0.29, 0.717) is 17.8 Å². The zero-order chi connectivity index (χ0) is 15.5. The van der Waals surface area contributed by atoms with Gasteiger partial charge in [0.1, 0.15) is 17.9 Å². The Labute approximate surface area is 119 Å². The number of carbonyl (C=O) groups is 1. The number of rotatable bonds is 4. The highest BCUT2D eigenvalue weighted by Gasteiger charge is 2.27. The molecule has 0 aliphatic heterocycles. The second-order valence-corrected chi connectivity index (χ2v) is 4.45. The van der Waals surface area contributed by atoms with Crippen LogP contribution in [0.1, 0.15) is 18.2 Å². The molecule has 0 saturated carbocycles. The Kier molecular flexibility index (Phi) is 4.35. The van der Waals surface area contributed by atoms with Gasteiger partial charge >= 0.3 is 6.18 Å². The van der Waals surface area contributed by atoms with Crippen molar-refractivity contribution in [3.05, 3.63) is 41.7 Å². The molecule has 112 valence electrons. The first kappa shape index (κ1) is 15.2. The van der Waals surface area contributed by atoms with E-state index in [1.807, 2.05) is 25.1 Å². The summed E-state index contributed by atoms with van der Waals surface area (Å²) in [5, 5.41) is 2.62. The molecule has 0 bridgehead atoms. The van der Waals surface area contributed by atoms with Crippen LogP contribution < -0.4 is 5.32 Å². The van der Waals surface area contributed by atoms with Gasteiger partial charge in [0, 0.05) is 23.4 Å². The van der Waals surface area contributed by atoms with E-state index in [1.54, 1.807) is 11.4 Å². The molecule has 0 aliphatic rings. The van der Waals surface area contributed by atoms with Crippen LogP contribution in [-0.4, -0.2) is 18.6 Å². The van der Waals surface area contributed by atoms with Crippen molar-refractivity contribution >= 4 is 23.0 Å². The Balaban J connectivity index is 2.19. The predicted molar refractivity (Wildman–Crippen MR) is 73.7 cm³/mol. The molecule has 0 atom stereocenters. The zero-order valence-electron chi connectivity index (χ0n) is 11.3. The van der Waals surface area contributed by atoms with E-state index in [1.165, 1.54) is 6.08 Å². The molecule has 0 unspecified atom stereocenters. The Morgan fingerprint density at radius 1 is 1.33 bits per heavy atom. The number of aryl methyl sites for hydroxylation is 1. The standard InChI is InChI=1S/C15H14F3NO2/c1-2-12-11(10-5-3-4-6-13(10)21-12)7-8-14(20)19-9-15(16,17)18/h3-8H,2,9H2,1H3,(H,19,20). The van der Waals surface area contributed by atoms with Crippen LogP contribution in [0, 0.1) is 0 Å². The first-order chi connectivity index (χ1) is 9.90. The van der Waals surface area contributed by atoms with Crippen molar-refractivity contribution in [2.45, 2.75) is 19.5 Å². The van der Waals surface area contributed by atoms with Crippen LogP contribution in [0.2, 0.25) is 0 Å². The van der Waals surface area contributed by atoms with E-state index < -0.39 is 18.6 Å².